The number of esters is 1. The Morgan fingerprint density at radius 2 is 1.31 bits per heavy atom. The Hall–Kier alpha value is -2.87. The number of benzene rings is 1. The number of hydrogen-bond acceptors (Lipinski definition) is 2. The van der Waals surface area contributed by atoms with Crippen LogP contribution in [-0.2, 0) is 9.53 Å². The predicted octanol–water partition coefficient (Wildman–Crippen LogP) is 8.04. The molecule has 2 heteroatoms. The molecule has 1 unspecified atom stereocenters. The maximum absolute atomic E-state index is 12.8. The van der Waals surface area contributed by atoms with Gasteiger partial charge in [-0.15, -0.1) is 0 Å². The molecule has 3 aliphatic rings. The number of rotatable bonds is 4. The van der Waals surface area contributed by atoms with Gasteiger partial charge in [0.25, 0.3) is 0 Å². The highest BCUT2D eigenvalue weighted by Crippen LogP contribution is 2.49. The van der Waals surface area contributed by atoms with Crippen molar-refractivity contribution >= 4 is 11.5 Å². The van der Waals surface area contributed by atoms with Crippen molar-refractivity contribution in [2.75, 3.05) is 0 Å². The fourth-order valence-electron chi connectivity index (χ4n) is 4.83. The zero-order valence-electron chi connectivity index (χ0n) is 20.6. The van der Waals surface area contributed by atoms with Crippen LogP contribution >= 0.6 is 0 Å². The number of hydrogen-bond donors (Lipinski definition) is 0. The molecule has 0 radical (unpaired) electrons. The van der Waals surface area contributed by atoms with E-state index < -0.39 is 0 Å². The van der Waals surface area contributed by atoms with E-state index in [1.165, 1.54) is 33.4 Å². The average Bonchev–Trinajstić information content (AvgIpc) is 3.12. The van der Waals surface area contributed by atoms with Gasteiger partial charge in [-0.3, -0.25) is 0 Å². The van der Waals surface area contributed by atoms with Gasteiger partial charge in [-0.2, -0.15) is 0 Å². The Bertz CT molecular complexity index is 1210. The van der Waals surface area contributed by atoms with Gasteiger partial charge in [-0.1, -0.05) is 70.2 Å². The molecule has 0 fully saturated rings. The van der Waals surface area contributed by atoms with E-state index in [4.69, 9.17) is 4.74 Å². The first-order valence-corrected chi connectivity index (χ1v) is 11.7. The number of ether oxygens (including phenoxy) is 1. The Balaban J connectivity index is 1.95. The van der Waals surface area contributed by atoms with Crippen LogP contribution in [0.1, 0.15) is 91.5 Å². The summed E-state index contributed by atoms with van der Waals surface area (Å²) in [6.45, 7) is 17.2. The highest BCUT2D eigenvalue weighted by atomic mass is 16.5. The molecule has 1 heterocycles. The lowest BCUT2D eigenvalue weighted by molar-refractivity contribution is -0.139. The molecule has 0 N–H and O–H groups in total. The average molecular weight is 427 g/mol. The highest BCUT2D eigenvalue weighted by Gasteiger charge is 2.37. The van der Waals surface area contributed by atoms with Crippen LogP contribution in [0.15, 0.2) is 48.0 Å². The van der Waals surface area contributed by atoms with E-state index in [1.54, 1.807) is 0 Å². The third-order valence-corrected chi connectivity index (χ3v) is 6.96. The van der Waals surface area contributed by atoms with Crippen LogP contribution in [0.4, 0.5) is 0 Å². The molecule has 0 saturated carbocycles. The van der Waals surface area contributed by atoms with E-state index in [-0.39, 0.29) is 12.1 Å². The monoisotopic (exact) mass is 426 g/mol. The lowest BCUT2D eigenvalue weighted by Crippen LogP contribution is -2.06. The summed E-state index contributed by atoms with van der Waals surface area (Å²) in [6.07, 6.45) is -0.374. The molecular formula is C30H34O2. The van der Waals surface area contributed by atoms with Gasteiger partial charge in [0.1, 0.15) is 0 Å². The largest absolute Gasteiger partial charge is 0.449 e. The molecular weight excluding hydrogens is 392 g/mol. The second kappa shape index (κ2) is 8.24. The minimum atomic E-state index is -0.374. The maximum atomic E-state index is 12.8. The van der Waals surface area contributed by atoms with E-state index in [9.17, 15) is 4.79 Å². The van der Waals surface area contributed by atoms with Crippen molar-refractivity contribution in [3.05, 3.63) is 87.0 Å². The predicted molar refractivity (Wildman–Crippen MR) is 133 cm³/mol. The topological polar surface area (TPSA) is 26.3 Å². The first kappa shape index (κ1) is 22.3. The van der Waals surface area contributed by atoms with Gasteiger partial charge in [0.2, 0.25) is 0 Å². The number of aryl methyl sites for hydroxylation is 3. The van der Waals surface area contributed by atoms with Gasteiger partial charge in [0.05, 0.1) is 0 Å². The Morgan fingerprint density at radius 3 is 1.94 bits per heavy atom. The molecule has 0 amide bonds. The first-order chi connectivity index (χ1) is 15.1. The highest BCUT2D eigenvalue weighted by molar-refractivity contribution is 6.05. The molecule has 166 valence electrons. The Labute approximate surface area is 192 Å². The second-order valence-corrected chi connectivity index (χ2v) is 9.94. The molecule has 0 aromatic heterocycles. The molecule has 1 aromatic carbocycles. The number of carbonyl (C=O) groups is 1. The van der Waals surface area contributed by atoms with Crippen LogP contribution in [0.2, 0.25) is 0 Å². The number of cyclic esters (lactones) is 1. The summed E-state index contributed by atoms with van der Waals surface area (Å²) >= 11 is 0. The van der Waals surface area contributed by atoms with Crippen molar-refractivity contribution in [2.45, 2.75) is 73.3 Å². The van der Waals surface area contributed by atoms with Gasteiger partial charge in [-0.25, -0.2) is 4.79 Å². The third-order valence-electron chi connectivity index (χ3n) is 6.96. The molecule has 0 spiro atoms. The zero-order chi connectivity index (χ0) is 23.3. The minimum absolute atomic E-state index is 0.216. The summed E-state index contributed by atoms with van der Waals surface area (Å²) in [6, 6.07) is 15.6. The molecule has 0 saturated heterocycles. The number of fused-ring (bicyclic) bond motifs is 1. The van der Waals surface area contributed by atoms with Crippen LogP contribution in [0.3, 0.4) is 0 Å². The summed E-state index contributed by atoms with van der Waals surface area (Å²) in [5.41, 5.74) is 12.6. The van der Waals surface area contributed by atoms with Crippen molar-refractivity contribution in [2.24, 2.45) is 0 Å². The van der Waals surface area contributed by atoms with E-state index in [0.29, 0.717) is 17.4 Å². The summed E-state index contributed by atoms with van der Waals surface area (Å²) in [5, 5.41) is 0. The minimum Gasteiger partial charge on any atom is -0.449 e. The van der Waals surface area contributed by atoms with Gasteiger partial charge in [0.15, 0.2) is 6.10 Å². The lowest BCUT2D eigenvalue weighted by atomic mass is 9.87. The normalized spacial score (nSPS) is 16.6. The van der Waals surface area contributed by atoms with Crippen molar-refractivity contribution in [1.29, 1.82) is 0 Å². The summed E-state index contributed by atoms with van der Waals surface area (Å²) in [5.74, 6) is 0.652. The number of carbonyl (C=O) groups excluding carboxylic acids is 1. The quantitative estimate of drug-likeness (QED) is 0.395. The molecule has 1 aromatic rings. The summed E-state index contributed by atoms with van der Waals surface area (Å²) in [7, 11) is 0. The second-order valence-electron chi connectivity index (χ2n) is 9.94. The first-order valence-electron chi connectivity index (χ1n) is 11.7. The summed E-state index contributed by atoms with van der Waals surface area (Å²) in [4.78, 5) is 12.8. The molecule has 1 atom stereocenters. The van der Waals surface area contributed by atoms with Gasteiger partial charge >= 0.3 is 5.97 Å². The van der Waals surface area contributed by atoms with E-state index in [1.807, 2.05) is 6.92 Å². The SMILES string of the molecule is CC1=C(c2cc(C)c3cc(C(C)C)ccc(C)c2-3)C(c2cc(C(C)C)ccc2C)OC1=O. The molecule has 1 aliphatic heterocycles. The van der Waals surface area contributed by atoms with Gasteiger partial charge < -0.3 is 4.74 Å². The van der Waals surface area contributed by atoms with E-state index in [0.717, 1.165) is 22.3 Å². The Kier molecular flexibility index (Phi) is 5.75. The molecule has 4 rings (SSSR count). The van der Waals surface area contributed by atoms with Crippen LogP contribution in [0.5, 0.6) is 0 Å². The molecule has 2 aliphatic carbocycles. The van der Waals surface area contributed by atoms with Crippen LogP contribution in [0.25, 0.3) is 16.7 Å². The standard InChI is InChI=1S/C30H34O2/c1-16(2)22-12-10-19(6)27-24(14-22)20(7)13-26(27)28-21(8)30(31)32-29(28)25-15-23(17(3)4)11-9-18(25)5/h9-17,29H,1-8H3. The van der Waals surface area contributed by atoms with Crippen molar-refractivity contribution in [1.82, 2.24) is 0 Å². The lowest BCUT2D eigenvalue weighted by Gasteiger charge is -2.20. The van der Waals surface area contributed by atoms with Crippen molar-refractivity contribution in [3.63, 3.8) is 0 Å². The van der Waals surface area contributed by atoms with Gasteiger partial charge in [0, 0.05) is 16.7 Å². The fraction of sp³-hybridized carbons (Fsp3) is 0.367. The zero-order valence-corrected chi connectivity index (χ0v) is 20.6. The van der Waals surface area contributed by atoms with Crippen LogP contribution < -0.4 is 0 Å². The smallest absolute Gasteiger partial charge is 0.335 e. The molecule has 0 bridgehead atoms. The van der Waals surface area contributed by atoms with Crippen molar-refractivity contribution in [3.8, 4) is 11.1 Å². The molecule has 2 nitrogen and oxygen atoms in total. The summed E-state index contributed by atoms with van der Waals surface area (Å²) < 4.78 is 6.01. The van der Waals surface area contributed by atoms with E-state index >= 15 is 0 Å². The Morgan fingerprint density at radius 1 is 0.719 bits per heavy atom. The van der Waals surface area contributed by atoms with Gasteiger partial charge in [-0.05, 0) is 84.0 Å². The third kappa shape index (κ3) is 3.66. The van der Waals surface area contributed by atoms with Crippen LogP contribution in [-0.4, -0.2) is 5.97 Å². The maximum Gasteiger partial charge on any atom is 0.335 e. The van der Waals surface area contributed by atoms with Crippen LogP contribution in [0, 0.1) is 20.8 Å². The van der Waals surface area contributed by atoms with Crippen molar-refractivity contribution < 1.29 is 9.53 Å². The van der Waals surface area contributed by atoms with E-state index in [2.05, 4.69) is 90.9 Å². The fourth-order valence-corrected chi connectivity index (χ4v) is 4.83. The molecule has 32 heavy (non-hydrogen) atoms.